The van der Waals surface area contributed by atoms with Crippen LogP contribution in [0.3, 0.4) is 0 Å². The first kappa shape index (κ1) is 12.4. The first-order chi connectivity index (χ1) is 7.74. The van der Waals surface area contributed by atoms with Gasteiger partial charge in [-0.15, -0.1) is 0 Å². The van der Waals surface area contributed by atoms with Crippen molar-refractivity contribution in [1.29, 1.82) is 0 Å². The van der Waals surface area contributed by atoms with E-state index < -0.39 is 4.92 Å². The van der Waals surface area contributed by atoms with Crippen molar-refractivity contribution in [1.82, 2.24) is 0 Å². The minimum Gasteiger partial charge on any atom is -0.258 e. The third-order valence-corrected chi connectivity index (χ3v) is 1.96. The summed E-state index contributed by atoms with van der Waals surface area (Å²) in [6, 6.07) is 6.45. The van der Waals surface area contributed by atoms with Gasteiger partial charge in [0.05, 0.1) is 4.92 Å². The van der Waals surface area contributed by atoms with E-state index in [9.17, 15) is 10.1 Å². The van der Waals surface area contributed by atoms with Crippen LogP contribution in [0.2, 0.25) is 0 Å². The molecule has 0 heterocycles. The third kappa shape index (κ3) is 4.26. The Morgan fingerprint density at radius 1 is 1.31 bits per heavy atom. The van der Waals surface area contributed by atoms with Crippen LogP contribution in [0.1, 0.15) is 12.0 Å². The quantitative estimate of drug-likeness (QED) is 0.414. The highest BCUT2D eigenvalue weighted by Crippen LogP contribution is 2.13. The number of nitro groups is 1. The number of unbranched alkanes of at least 4 members (excludes halogenated alkanes) is 3. The van der Waals surface area contributed by atoms with Crippen molar-refractivity contribution in [3.8, 4) is 0 Å². The van der Waals surface area contributed by atoms with Crippen LogP contribution in [0.25, 0.3) is 6.08 Å². The summed E-state index contributed by atoms with van der Waals surface area (Å²) in [5.41, 5.74) is 1.07. The normalized spacial score (nSPS) is 10.8. The van der Waals surface area contributed by atoms with E-state index >= 15 is 0 Å². The Bertz CT molecular complexity index is 355. The van der Waals surface area contributed by atoms with Crippen molar-refractivity contribution in [2.24, 2.45) is 0 Å². The number of nitrogens with zero attached hydrogens (tertiary/aromatic N) is 1. The predicted octanol–water partition coefficient (Wildman–Crippen LogP) is 3.45. The Kier molecular flexibility index (Phi) is 5.26. The fourth-order valence-corrected chi connectivity index (χ4v) is 1.16. The van der Waals surface area contributed by atoms with Crippen LogP contribution in [-0.4, -0.2) is 4.92 Å². The molecule has 0 saturated carbocycles. The highest BCUT2D eigenvalue weighted by atomic mass is 16.6. The van der Waals surface area contributed by atoms with Crippen LogP contribution in [-0.2, 0) is 0 Å². The second-order valence-corrected chi connectivity index (χ2v) is 3.15. The van der Waals surface area contributed by atoms with Gasteiger partial charge in [-0.25, -0.2) is 0 Å². The Labute approximate surface area is 95.9 Å². The van der Waals surface area contributed by atoms with Gasteiger partial charge in [-0.3, -0.25) is 10.1 Å². The smallest absolute Gasteiger partial charge is 0.258 e. The van der Waals surface area contributed by atoms with Crippen LogP contribution in [0, 0.1) is 36.3 Å². The summed E-state index contributed by atoms with van der Waals surface area (Å²) in [6.07, 6.45) is 10.3. The van der Waals surface area contributed by atoms with Crippen LogP contribution in [0.5, 0.6) is 0 Å². The zero-order valence-electron chi connectivity index (χ0n) is 8.87. The molecule has 3 heteroatoms. The highest BCUT2D eigenvalue weighted by molar-refractivity contribution is 5.51. The minimum atomic E-state index is -0.402. The number of rotatable bonds is 6. The molecular weight excluding hydrogens is 202 g/mol. The number of hydrogen-bond donors (Lipinski definition) is 0. The van der Waals surface area contributed by atoms with Crippen LogP contribution < -0.4 is 0 Å². The van der Waals surface area contributed by atoms with Crippen LogP contribution in [0.15, 0.2) is 30.3 Å². The summed E-state index contributed by atoms with van der Waals surface area (Å²) >= 11 is 0. The maximum absolute atomic E-state index is 10.4. The molecule has 0 unspecified atom stereocenters. The molecule has 0 saturated heterocycles. The topological polar surface area (TPSA) is 43.1 Å². The molecular formula is C13H13NO2. The SMILES string of the molecule is [CH2][CH][CH][CH]C/C=C/c1ccc([N+](=O)[O-])cc1. The van der Waals surface area contributed by atoms with Gasteiger partial charge < -0.3 is 0 Å². The summed E-state index contributed by atoms with van der Waals surface area (Å²) in [4.78, 5) is 10.0. The molecule has 0 amide bonds. The van der Waals surface area contributed by atoms with E-state index in [2.05, 4.69) is 6.92 Å². The summed E-state index contributed by atoms with van der Waals surface area (Å²) in [5, 5.41) is 10.4. The maximum Gasteiger partial charge on any atom is 0.269 e. The van der Waals surface area contributed by atoms with Gasteiger partial charge in [0.15, 0.2) is 0 Å². The van der Waals surface area contributed by atoms with Crippen molar-refractivity contribution in [2.75, 3.05) is 0 Å². The Morgan fingerprint density at radius 2 is 2.00 bits per heavy atom. The van der Waals surface area contributed by atoms with E-state index in [1.807, 2.05) is 25.0 Å². The molecule has 1 aromatic rings. The highest BCUT2D eigenvalue weighted by Gasteiger charge is 2.01. The predicted molar refractivity (Wildman–Crippen MR) is 65.0 cm³/mol. The van der Waals surface area contributed by atoms with Crippen molar-refractivity contribution in [2.45, 2.75) is 6.42 Å². The zero-order valence-corrected chi connectivity index (χ0v) is 8.87. The second-order valence-electron chi connectivity index (χ2n) is 3.15. The average Bonchev–Trinajstić information content (AvgIpc) is 2.29. The molecule has 16 heavy (non-hydrogen) atoms. The fourth-order valence-electron chi connectivity index (χ4n) is 1.16. The number of non-ortho nitro benzene ring substituents is 1. The van der Waals surface area contributed by atoms with E-state index in [-0.39, 0.29) is 5.69 Å². The van der Waals surface area contributed by atoms with Gasteiger partial charge in [-0.05, 0) is 50.3 Å². The number of hydrogen-bond acceptors (Lipinski definition) is 2. The second kappa shape index (κ2) is 6.77. The molecule has 0 aliphatic carbocycles. The maximum atomic E-state index is 10.4. The Balaban J connectivity index is 2.45. The van der Waals surface area contributed by atoms with Crippen molar-refractivity contribution in [3.63, 3.8) is 0 Å². The summed E-state index contributed by atoms with van der Waals surface area (Å²) in [6.45, 7) is 3.57. The fraction of sp³-hybridized carbons (Fsp3) is 0.0769. The molecule has 0 aromatic heterocycles. The molecule has 1 aromatic carbocycles. The molecule has 0 atom stereocenters. The standard InChI is InChI=1S/C13H13NO2/c1-2-3-4-5-6-7-12-8-10-13(11-9-12)14(15)16/h2-4,6-11H,1,5H2/b7-6+. The zero-order chi connectivity index (χ0) is 11.8. The summed E-state index contributed by atoms with van der Waals surface area (Å²) in [5.74, 6) is 0. The largest absolute Gasteiger partial charge is 0.269 e. The lowest BCUT2D eigenvalue weighted by molar-refractivity contribution is -0.384. The number of allylic oxidation sites excluding steroid dienone is 1. The lowest BCUT2D eigenvalue weighted by atomic mass is 10.1. The minimum absolute atomic E-state index is 0.115. The molecule has 3 nitrogen and oxygen atoms in total. The number of nitro benzene ring substituents is 1. The lowest BCUT2D eigenvalue weighted by Gasteiger charge is -1.94. The molecule has 0 fully saturated rings. The van der Waals surface area contributed by atoms with Gasteiger partial charge in [0.25, 0.3) is 5.69 Å². The third-order valence-electron chi connectivity index (χ3n) is 1.96. The van der Waals surface area contributed by atoms with E-state index in [0.717, 1.165) is 12.0 Å². The molecule has 4 radical (unpaired) electrons. The number of benzene rings is 1. The van der Waals surface area contributed by atoms with Crippen molar-refractivity contribution in [3.05, 3.63) is 72.2 Å². The average molecular weight is 215 g/mol. The lowest BCUT2D eigenvalue weighted by Crippen LogP contribution is -1.86. The van der Waals surface area contributed by atoms with Crippen molar-refractivity contribution >= 4 is 11.8 Å². The monoisotopic (exact) mass is 215 g/mol. The van der Waals surface area contributed by atoms with Gasteiger partial charge in [0.1, 0.15) is 0 Å². The van der Waals surface area contributed by atoms with E-state index in [0.29, 0.717) is 0 Å². The molecule has 0 N–H and O–H groups in total. The molecule has 1 rings (SSSR count). The van der Waals surface area contributed by atoms with Crippen LogP contribution >= 0.6 is 0 Å². The Morgan fingerprint density at radius 3 is 2.56 bits per heavy atom. The molecule has 0 aliphatic rings. The van der Waals surface area contributed by atoms with E-state index in [4.69, 9.17) is 0 Å². The van der Waals surface area contributed by atoms with Gasteiger partial charge in [0, 0.05) is 12.1 Å². The van der Waals surface area contributed by atoms with Crippen LogP contribution in [0.4, 0.5) is 5.69 Å². The first-order valence-electron chi connectivity index (χ1n) is 4.92. The molecule has 0 bridgehead atoms. The van der Waals surface area contributed by atoms with Crippen molar-refractivity contribution < 1.29 is 4.92 Å². The van der Waals surface area contributed by atoms with Gasteiger partial charge in [-0.1, -0.05) is 12.2 Å². The summed E-state index contributed by atoms with van der Waals surface area (Å²) in [7, 11) is 0. The molecule has 0 aliphatic heterocycles. The van der Waals surface area contributed by atoms with E-state index in [1.54, 1.807) is 18.6 Å². The summed E-state index contributed by atoms with van der Waals surface area (Å²) < 4.78 is 0. The van der Waals surface area contributed by atoms with Gasteiger partial charge in [0.2, 0.25) is 0 Å². The van der Waals surface area contributed by atoms with Gasteiger partial charge >= 0.3 is 0 Å². The molecule has 0 spiro atoms. The molecule has 82 valence electrons. The van der Waals surface area contributed by atoms with E-state index in [1.165, 1.54) is 12.1 Å². The van der Waals surface area contributed by atoms with Gasteiger partial charge in [-0.2, -0.15) is 0 Å². The Hall–Kier alpha value is -1.64. The first-order valence-corrected chi connectivity index (χ1v) is 4.92.